The van der Waals surface area contributed by atoms with Crippen LogP contribution < -0.4 is 16.0 Å². The van der Waals surface area contributed by atoms with Gasteiger partial charge in [0.1, 0.15) is 11.8 Å². The molecule has 3 N–H and O–H groups in total. The van der Waals surface area contributed by atoms with E-state index in [0.717, 1.165) is 11.3 Å². The number of ether oxygens (including phenoxy) is 1. The summed E-state index contributed by atoms with van der Waals surface area (Å²) < 4.78 is 5.56. The highest BCUT2D eigenvalue weighted by Gasteiger charge is 2.06. The van der Waals surface area contributed by atoms with E-state index in [2.05, 4.69) is 11.3 Å². The number of hydrogen-bond donors (Lipinski definition) is 2. The van der Waals surface area contributed by atoms with E-state index in [1.807, 2.05) is 38.1 Å². The van der Waals surface area contributed by atoms with Crippen LogP contribution in [-0.2, 0) is 0 Å². The molecule has 0 heterocycles. The molecule has 1 aromatic rings. The van der Waals surface area contributed by atoms with E-state index in [1.54, 1.807) is 0 Å². The van der Waals surface area contributed by atoms with Gasteiger partial charge in [-0.25, -0.2) is 5.43 Å². The summed E-state index contributed by atoms with van der Waals surface area (Å²) in [6.07, 6.45) is 5.48. The van der Waals surface area contributed by atoms with Crippen molar-refractivity contribution < 1.29 is 4.74 Å². The van der Waals surface area contributed by atoms with Crippen LogP contribution in [0.3, 0.4) is 0 Å². The van der Waals surface area contributed by atoms with E-state index < -0.39 is 0 Å². The fourth-order valence-electron chi connectivity index (χ4n) is 1.28. The largest absolute Gasteiger partial charge is 0.491 e. The molecule has 80 valence electrons. The summed E-state index contributed by atoms with van der Waals surface area (Å²) in [5.74, 6) is 8.69. The van der Waals surface area contributed by atoms with Crippen molar-refractivity contribution in [2.75, 3.05) is 0 Å². The summed E-state index contributed by atoms with van der Waals surface area (Å²) in [6.45, 7) is 3.96. The van der Waals surface area contributed by atoms with Gasteiger partial charge >= 0.3 is 0 Å². The first-order chi connectivity index (χ1) is 7.17. The topological polar surface area (TPSA) is 47.3 Å². The zero-order valence-corrected chi connectivity index (χ0v) is 9.03. The third-order valence-corrected chi connectivity index (χ3v) is 1.90. The van der Waals surface area contributed by atoms with Crippen LogP contribution in [0.2, 0.25) is 0 Å². The number of benzene rings is 1. The molecule has 0 aliphatic rings. The minimum absolute atomic E-state index is 0.148. The molecule has 15 heavy (non-hydrogen) atoms. The number of rotatable bonds is 4. The summed E-state index contributed by atoms with van der Waals surface area (Å²) >= 11 is 0. The van der Waals surface area contributed by atoms with Crippen molar-refractivity contribution in [2.45, 2.75) is 26.0 Å². The Hall–Kier alpha value is -1.50. The van der Waals surface area contributed by atoms with E-state index in [1.165, 1.54) is 0 Å². The van der Waals surface area contributed by atoms with Crippen LogP contribution in [0.15, 0.2) is 24.3 Å². The molecular weight excluding hydrogens is 188 g/mol. The number of nitrogens with one attached hydrogen (secondary N) is 1. The van der Waals surface area contributed by atoms with Gasteiger partial charge in [-0.15, -0.1) is 6.42 Å². The molecule has 0 spiro atoms. The SMILES string of the molecule is C#CC(NN)c1cccc(OC(C)C)c1. The maximum atomic E-state index is 5.56. The van der Waals surface area contributed by atoms with Gasteiger partial charge in [-0.3, -0.25) is 5.84 Å². The average molecular weight is 204 g/mol. The van der Waals surface area contributed by atoms with E-state index in [0.29, 0.717) is 0 Å². The van der Waals surface area contributed by atoms with E-state index in [9.17, 15) is 0 Å². The highest BCUT2D eigenvalue weighted by atomic mass is 16.5. The molecule has 0 saturated carbocycles. The highest BCUT2D eigenvalue weighted by molar-refractivity contribution is 5.33. The van der Waals surface area contributed by atoms with Gasteiger partial charge < -0.3 is 4.74 Å². The molecule has 0 aliphatic heterocycles. The number of nitrogens with two attached hydrogens (primary N) is 1. The Balaban J connectivity index is 2.87. The quantitative estimate of drug-likeness (QED) is 0.445. The van der Waals surface area contributed by atoms with Gasteiger partial charge in [0.25, 0.3) is 0 Å². The molecule has 0 bridgehead atoms. The zero-order chi connectivity index (χ0) is 11.3. The minimum atomic E-state index is -0.277. The minimum Gasteiger partial charge on any atom is -0.491 e. The van der Waals surface area contributed by atoms with Crippen LogP contribution in [0.4, 0.5) is 0 Å². The van der Waals surface area contributed by atoms with Crippen LogP contribution in [0, 0.1) is 12.3 Å². The van der Waals surface area contributed by atoms with Gasteiger partial charge in [0.05, 0.1) is 6.10 Å². The normalized spacial score (nSPS) is 12.2. The lowest BCUT2D eigenvalue weighted by molar-refractivity contribution is 0.242. The molecule has 1 aromatic carbocycles. The lowest BCUT2D eigenvalue weighted by atomic mass is 10.1. The summed E-state index contributed by atoms with van der Waals surface area (Å²) in [4.78, 5) is 0. The monoisotopic (exact) mass is 204 g/mol. The third kappa shape index (κ3) is 3.28. The Morgan fingerprint density at radius 2 is 2.20 bits per heavy atom. The second kappa shape index (κ2) is 5.40. The summed E-state index contributed by atoms with van der Waals surface area (Å²) in [7, 11) is 0. The molecule has 0 aliphatic carbocycles. The van der Waals surface area contributed by atoms with Gasteiger partial charge in [0.15, 0.2) is 0 Å². The van der Waals surface area contributed by atoms with Crippen molar-refractivity contribution in [3.63, 3.8) is 0 Å². The van der Waals surface area contributed by atoms with Gasteiger partial charge in [-0.2, -0.15) is 0 Å². The fraction of sp³-hybridized carbons (Fsp3) is 0.333. The van der Waals surface area contributed by atoms with Gasteiger partial charge in [-0.1, -0.05) is 18.1 Å². The third-order valence-electron chi connectivity index (χ3n) is 1.90. The molecular formula is C12H16N2O. The predicted octanol–water partition coefficient (Wildman–Crippen LogP) is 1.61. The molecule has 3 nitrogen and oxygen atoms in total. The molecule has 0 fully saturated rings. The van der Waals surface area contributed by atoms with E-state index >= 15 is 0 Å². The van der Waals surface area contributed by atoms with Gasteiger partial charge in [0.2, 0.25) is 0 Å². The first-order valence-corrected chi connectivity index (χ1v) is 4.86. The maximum absolute atomic E-state index is 5.56. The van der Waals surface area contributed by atoms with Crippen molar-refractivity contribution in [3.8, 4) is 18.1 Å². The lowest BCUT2D eigenvalue weighted by Gasteiger charge is -2.13. The number of hydrazine groups is 1. The van der Waals surface area contributed by atoms with Crippen LogP contribution in [-0.4, -0.2) is 6.10 Å². The summed E-state index contributed by atoms with van der Waals surface area (Å²) in [5.41, 5.74) is 3.49. The fourth-order valence-corrected chi connectivity index (χ4v) is 1.28. The molecule has 1 rings (SSSR count). The average Bonchev–Trinajstić information content (AvgIpc) is 2.19. The Labute approximate surface area is 90.6 Å². The standard InChI is InChI=1S/C12H16N2O/c1-4-12(14-13)10-6-5-7-11(8-10)15-9(2)3/h1,5-9,12,14H,13H2,2-3H3. The molecule has 0 saturated heterocycles. The Morgan fingerprint density at radius 3 is 2.73 bits per heavy atom. The van der Waals surface area contributed by atoms with Gasteiger partial charge in [-0.05, 0) is 31.5 Å². The Bertz CT molecular complexity index is 355. The first kappa shape index (κ1) is 11.6. The molecule has 1 unspecified atom stereocenters. The second-order valence-corrected chi connectivity index (χ2v) is 3.51. The summed E-state index contributed by atoms with van der Waals surface area (Å²) in [5, 5.41) is 0. The van der Waals surface area contributed by atoms with Gasteiger partial charge in [0, 0.05) is 0 Å². The number of terminal acetylenes is 1. The van der Waals surface area contributed by atoms with Crippen molar-refractivity contribution >= 4 is 0 Å². The second-order valence-electron chi connectivity index (χ2n) is 3.51. The molecule has 3 heteroatoms. The molecule has 0 aromatic heterocycles. The van der Waals surface area contributed by atoms with E-state index in [-0.39, 0.29) is 12.1 Å². The highest BCUT2D eigenvalue weighted by Crippen LogP contribution is 2.19. The summed E-state index contributed by atoms with van der Waals surface area (Å²) in [6, 6.07) is 7.32. The molecule has 0 amide bonds. The first-order valence-electron chi connectivity index (χ1n) is 4.86. The Kier molecular flexibility index (Phi) is 4.17. The molecule has 0 radical (unpaired) electrons. The van der Waals surface area contributed by atoms with Crippen molar-refractivity contribution in [1.82, 2.24) is 5.43 Å². The van der Waals surface area contributed by atoms with Crippen LogP contribution in [0.1, 0.15) is 25.5 Å². The van der Waals surface area contributed by atoms with Crippen molar-refractivity contribution in [1.29, 1.82) is 0 Å². The maximum Gasteiger partial charge on any atom is 0.120 e. The lowest BCUT2D eigenvalue weighted by Crippen LogP contribution is -2.26. The van der Waals surface area contributed by atoms with Crippen LogP contribution in [0.25, 0.3) is 0 Å². The van der Waals surface area contributed by atoms with Crippen molar-refractivity contribution in [3.05, 3.63) is 29.8 Å². The zero-order valence-electron chi connectivity index (χ0n) is 9.03. The number of hydrogen-bond acceptors (Lipinski definition) is 3. The van der Waals surface area contributed by atoms with E-state index in [4.69, 9.17) is 17.0 Å². The Morgan fingerprint density at radius 1 is 1.47 bits per heavy atom. The molecule has 1 atom stereocenters. The predicted molar refractivity (Wildman–Crippen MR) is 61.1 cm³/mol. The smallest absolute Gasteiger partial charge is 0.120 e. The van der Waals surface area contributed by atoms with Crippen molar-refractivity contribution in [2.24, 2.45) is 5.84 Å². The van der Waals surface area contributed by atoms with Crippen LogP contribution >= 0.6 is 0 Å². The van der Waals surface area contributed by atoms with Crippen LogP contribution in [0.5, 0.6) is 5.75 Å².